The largest absolute Gasteiger partial charge is 0.507 e. The molecule has 0 heterocycles. The zero-order chi connectivity index (χ0) is 44.7. The smallest absolute Gasteiger partial charge is 0.127 e. The van der Waals surface area contributed by atoms with Gasteiger partial charge in [0.25, 0.3) is 0 Å². The van der Waals surface area contributed by atoms with Crippen LogP contribution in [0.1, 0.15) is 47.2 Å². The van der Waals surface area contributed by atoms with Gasteiger partial charge in [0.05, 0.1) is 0 Å². The van der Waals surface area contributed by atoms with Gasteiger partial charge in [0.1, 0.15) is 46.0 Å². The molecule has 0 aliphatic carbocycles. The van der Waals surface area contributed by atoms with E-state index in [9.17, 15) is 40.9 Å². The van der Waals surface area contributed by atoms with Crippen LogP contribution in [0.15, 0.2) is 170 Å². The summed E-state index contributed by atoms with van der Waals surface area (Å²) < 4.78 is 0. The van der Waals surface area contributed by atoms with Gasteiger partial charge < -0.3 is 40.9 Å². The van der Waals surface area contributed by atoms with Gasteiger partial charge in [0, 0.05) is 76.2 Å². The van der Waals surface area contributed by atoms with Gasteiger partial charge >= 0.3 is 0 Å². The number of fused-ring (bicyclic) bond motifs is 4. The van der Waals surface area contributed by atoms with Crippen LogP contribution in [0.5, 0.6) is 46.0 Å². The maximum Gasteiger partial charge on any atom is 0.127 e. The molecule has 64 heavy (non-hydrogen) atoms. The molecule has 0 fully saturated rings. The van der Waals surface area contributed by atoms with Crippen LogP contribution in [0.2, 0.25) is 0 Å². The van der Waals surface area contributed by atoms with Gasteiger partial charge in [0.2, 0.25) is 0 Å². The highest BCUT2D eigenvalue weighted by atomic mass is 16.3. The molecule has 10 rings (SSSR count). The maximum absolute atomic E-state index is 11.9. The van der Waals surface area contributed by atoms with E-state index in [2.05, 4.69) is 0 Å². The Hall–Kier alpha value is -8.36. The fourth-order valence-corrected chi connectivity index (χ4v) is 9.82. The molecule has 8 nitrogen and oxygen atoms in total. The van der Waals surface area contributed by atoms with Crippen molar-refractivity contribution in [3.8, 4) is 57.1 Å². The molecule has 0 saturated carbocycles. The molecule has 0 aliphatic rings. The molecular formula is C56H42O8. The van der Waals surface area contributed by atoms with Gasteiger partial charge in [0.15, 0.2) is 0 Å². The van der Waals surface area contributed by atoms with Crippen LogP contribution < -0.4 is 0 Å². The van der Waals surface area contributed by atoms with Crippen molar-refractivity contribution in [2.45, 2.75) is 24.7 Å². The first-order chi connectivity index (χ1) is 30.8. The Balaban J connectivity index is 1.10. The van der Waals surface area contributed by atoms with E-state index >= 15 is 0 Å². The van der Waals surface area contributed by atoms with Crippen molar-refractivity contribution in [1.29, 1.82) is 0 Å². The van der Waals surface area contributed by atoms with Crippen molar-refractivity contribution in [2.75, 3.05) is 0 Å². The minimum atomic E-state index is -1.14. The summed E-state index contributed by atoms with van der Waals surface area (Å²) in [7, 11) is 0. The summed E-state index contributed by atoms with van der Waals surface area (Å²) in [5.41, 5.74) is 2.94. The Morgan fingerprint density at radius 2 is 0.484 bits per heavy atom. The Morgan fingerprint density at radius 3 is 0.719 bits per heavy atom. The van der Waals surface area contributed by atoms with Crippen LogP contribution in [-0.4, -0.2) is 40.9 Å². The molecule has 314 valence electrons. The second-order valence-corrected chi connectivity index (χ2v) is 16.7. The quantitative estimate of drug-likeness (QED) is 0.0736. The summed E-state index contributed by atoms with van der Waals surface area (Å²) in [6.07, 6.45) is 0. The lowest BCUT2D eigenvalue weighted by atomic mass is 9.69. The summed E-state index contributed by atoms with van der Waals surface area (Å²) in [6, 6.07) is 49.7. The van der Waals surface area contributed by atoms with Crippen molar-refractivity contribution in [2.24, 2.45) is 0 Å². The Bertz CT molecular complexity index is 3090. The predicted octanol–water partition coefficient (Wildman–Crippen LogP) is 12.3. The lowest BCUT2D eigenvalue weighted by Gasteiger charge is -2.34. The SMILES string of the molecule is CC(c1ccc(-c2ccc(C(C)(c3ccc4c(O)cccc4c3O)c3ccc4c(O)cccc4c3O)cc2)cc1)(c1ccc2c(O)cccc2c1O)c1ccc2c(O)cccc2c1O. The van der Waals surface area contributed by atoms with Gasteiger partial charge in [-0.1, -0.05) is 146 Å². The molecule has 0 amide bonds. The van der Waals surface area contributed by atoms with E-state index in [1.165, 1.54) is 0 Å². The van der Waals surface area contributed by atoms with Crippen molar-refractivity contribution in [3.63, 3.8) is 0 Å². The van der Waals surface area contributed by atoms with E-state index in [4.69, 9.17) is 0 Å². The zero-order valence-corrected chi connectivity index (χ0v) is 34.7. The fraction of sp³-hybridized carbons (Fsp3) is 0.0714. The Labute approximate surface area is 367 Å². The lowest BCUT2D eigenvalue weighted by Crippen LogP contribution is -2.26. The first kappa shape index (κ1) is 39.8. The number of aromatic hydroxyl groups is 8. The third-order valence-electron chi connectivity index (χ3n) is 13.5. The number of phenols is 8. The lowest BCUT2D eigenvalue weighted by molar-refractivity contribution is 0.446. The highest BCUT2D eigenvalue weighted by Gasteiger charge is 2.39. The zero-order valence-electron chi connectivity index (χ0n) is 34.7. The first-order valence-electron chi connectivity index (χ1n) is 20.8. The second-order valence-electron chi connectivity index (χ2n) is 16.7. The third-order valence-corrected chi connectivity index (χ3v) is 13.5. The van der Waals surface area contributed by atoms with Gasteiger partial charge in [-0.3, -0.25) is 0 Å². The molecule has 10 aromatic rings. The minimum Gasteiger partial charge on any atom is -0.507 e. The molecule has 0 atom stereocenters. The average molecular weight is 843 g/mol. The Morgan fingerprint density at radius 1 is 0.250 bits per heavy atom. The third kappa shape index (κ3) is 5.83. The first-order valence-corrected chi connectivity index (χ1v) is 20.8. The van der Waals surface area contributed by atoms with Gasteiger partial charge in [-0.15, -0.1) is 0 Å². The van der Waals surface area contributed by atoms with Crippen LogP contribution in [-0.2, 0) is 10.8 Å². The second kappa shape index (κ2) is 14.6. The van der Waals surface area contributed by atoms with E-state index in [-0.39, 0.29) is 46.0 Å². The van der Waals surface area contributed by atoms with Crippen molar-refractivity contribution in [1.82, 2.24) is 0 Å². The van der Waals surface area contributed by atoms with Crippen LogP contribution in [0.25, 0.3) is 54.2 Å². The van der Waals surface area contributed by atoms with Gasteiger partial charge in [-0.2, -0.15) is 0 Å². The maximum atomic E-state index is 11.9. The molecule has 0 bridgehead atoms. The molecule has 8 N–H and O–H groups in total. The number of hydrogen-bond acceptors (Lipinski definition) is 8. The number of hydrogen-bond donors (Lipinski definition) is 8. The van der Waals surface area contributed by atoms with E-state index in [1.54, 1.807) is 121 Å². The summed E-state index contributed by atoms with van der Waals surface area (Å²) in [5.74, 6) is -0.0482. The number of phenolic OH excluding ortho intramolecular Hbond substituents is 8. The van der Waals surface area contributed by atoms with Crippen LogP contribution in [0.4, 0.5) is 0 Å². The molecule has 0 radical (unpaired) electrons. The Kier molecular flexibility index (Phi) is 9.09. The molecule has 10 aromatic carbocycles. The van der Waals surface area contributed by atoms with E-state index in [1.807, 2.05) is 62.4 Å². The number of rotatable bonds is 7. The van der Waals surface area contributed by atoms with Crippen molar-refractivity contribution < 1.29 is 40.9 Å². The van der Waals surface area contributed by atoms with Gasteiger partial charge in [-0.05, 0) is 60.4 Å². The van der Waals surface area contributed by atoms with Crippen LogP contribution in [0, 0.1) is 0 Å². The molecule has 0 aliphatic heterocycles. The normalized spacial score (nSPS) is 12.1. The van der Waals surface area contributed by atoms with Crippen LogP contribution in [0.3, 0.4) is 0 Å². The van der Waals surface area contributed by atoms with Gasteiger partial charge in [-0.25, -0.2) is 0 Å². The molecule has 0 spiro atoms. The highest BCUT2D eigenvalue weighted by Crippen LogP contribution is 2.53. The minimum absolute atomic E-state index is 0.0319. The summed E-state index contributed by atoms with van der Waals surface area (Å²) in [5, 5.41) is 94.1. The van der Waals surface area contributed by atoms with Crippen LogP contribution >= 0.6 is 0 Å². The van der Waals surface area contributed by atoms with E-state index < -0.39 is 10.8 Å². The topological polar surface area (TPSA) is 162 Å². The fourth-order valence-electron chi connectivity index (χ4n) is 9.82. The molecule has 8 heteroatoms. The van der Waals surface area contributed by atoms with E-state index in [0.717, 1.165) is 22.3 Å². The molecule has 0 aromatic heterocycles. The van der Waals surface area contributed by atoms with Crippen molar-refractivity contribution >= 4 is 43.1 Å². The molecular weight excluding hydrogens is 801 g/mol. The predicted molar refractivity (Wildman–Crippen MR) is 252 cm³/mol. The highest BCUT2D eigenvalue weighted by molar-refractivity contribution is 5.98. The average Bonchev–Trinajstić information content (AvgIpc) is 3.30. The van der Waals surface area contributed by atoms with Crippen molar-refractivity contribution in [3.05, 3.63) is 203 Å². The standard InChI is InChI=1S/C56H42O8/c1-55(43-27-23-35-39(51(43)61)7-3-11-47(35)57,44-28-24-36-40(52(44)62)8-4-12-48(36)58)33-19-15-31(16-20-33)32-17-21-34(22-18-32)56(2,45-29-25-37-41(53(45)63)9-5-13-49(37)59)46-30-26-38-42(54(46)64)10-6-14-50(38)60/h3-30,57-64H,1-2H3. The summed E-state index contributed by atoms with van der Waals surface area (Å²) in [4.78, 5) is 0. The summed E-state index contributed by atoms with van der Waals surface area (Å²) >= 11 is 0. The molecule has 0 unspecified atom stereocenters. The monoisotopic (exact) mass is 842 g/mol. The number of benzene rings is 10. The van der Waals surface area contributed by atoms with E-state index in [0.29, 0.717) is 65.3 Å². The summed E-state index contributed by atoms with van der Waals surface area (Å²) in [6.45, 7) is 3.86. The molecule has 0 saturated heterocycles.